The molecule has 0 radical (unpaired) electrons. The summed E-state index contributed by atoms with van der Waals surface area (Å²) in [6, 6.07) is 9.52. The Kier molecular flexibility index (Phi) is 9.96. The first-order chi connectivity index (χ1) is 21.0. The summed E-state index contributed by atoms with van der Waals surface area (Å²) >= 11 is 0. The van der Waals surface area contributed by atoms with E-state index in [-0.39, 0.29) is 27.9 Å². The molecule has 0 saturated heterocycles. The van der Waals surface area contributed by atoms with E-state index in [1.54, 1.807) is 0 Å². The van der Waals surface area contributed by atoms with Gasteiger partial charge in [-0.2, -0.15) is 0 Å². The summed E-state index contributed by atoms with van der Waals surface area (Å²) in [5, 5.41) is 0.221. The Morgan fingerprint density at radius 2 is 1.62 bits per heavy atom. The Morgan fingerprint density at radius 1 is 0.956 bits per heavy atom. The van der Waals surface area contributed by atoms with Crippen LogP contribution in [0.15, 0.2) is 30.3 Å². The number of hydrogen-bond donors (Lipinski definition) is 0. The van der Waals surface area contributed by atoms with Crippen LogP contribution in [0, 0.1) is 52.3 Å². The molecule has 10 atom stereocenters. The van der Waals surface area contributed by atoms with Gasteiger partial charge in [-0.15, -0.1) is 0 Å². The maximum atomic E-state index is 13.5. The van der Waals surface area contributed by atoms with Crippen LogP contribution in [0.5, 0.6) is 0 Å². The van der Waals surface area contributed by atoms with Gasteiger partial charge in [-0.3, -0.25) is 4.79 Å². The maximum absolute atomic E-state index is 13.5. The molecule has 1 aromatic carbocycles. The van der Waals surface area contributed by atoms with E-state index >= 15 is 0 Å². The van der Waals surface area contributed by atoms with E-state index in [0.29, 0.717) is 65.3 Å². The molecule has 6 unspecified atom stereocenters. The second-order valence-corrected chi connectivity index (χ2v) is 23.0. The van der Waals surface area contributed by atoms with Gasteiger partial charge < -0.3 is 9.16 Å². The number of benzene rings is 1. The van der Waals surface area contributed by atoms with Crippen molar-refractivity contribution in [1.29, 1.82) is 0 Å². The molecule has 4 fully saturated rings. The second-order valence-electron chi connectivity index (χ2n) is 18.2. The fraction of sp³-hybridized carbons (Fsp3) is 0.800. The Hall–Kier alpha value is -1.46. The van der Waals surface area contributed by atoms with Crippen LogP contribution in [0.4, 0.5) is 0 Å². The summed E-state index contributed by atoms with van der Waals surface area (Å²) in [6.45, 7) is 24.1. The van der Waals surface area contributed by atoms with Crippen LogP contribution in [-0.2, 0) is 14.0 Å². The third kappa shape index (κ3) is 6.65. The van der Waals surface area contributed by atoms with Gasteiger partial charge in [0.2, 0.25) is 0 Å². The lowest BCUT2D eigenvalue weighted by molar-refractivity contribution is -0.170. The predicted octanol–water partition coefficient (Wildman–Crippen LogP) is 10.5. The SMILES string of the molecule is CC(C)C(CC[C@H](C)[C@H]1CCC2C3C(OC(=O)c4ccccc4)CC4CC(=O)CC[C@]4(C)C3CC[C@@]21C)O[Si](C)(C)C(C)(C)C. The molecule has 0 N–H and O–H groups in total. The Labute approximate surface area is 276 Å². The fourth-order valence-corrected chi connectivity index (χ4v) is 12.1. The molecule has 5 rings (SSSR count). The van der Waals surface area contributed by atoms with Crippen molar-refractivity contribution in [3.63, 3.8) is 0 Å². The van der Waals surface area contributed by atoms with Crippen molar-refractivity contribution >= 4 is 20.1 Å². The second kappa shape index (κ2) is 12.9. The van der Waals surface area contributed by atoms with Crippen molar-refractivity contribution in [3.05, 3.63) is 35.9 Å². The number of carbonyl (C=O) groups is 2. The quantitative estimate of drug-likeness (QED) is 0.200. The lowest BCUT2D eigenvalue weighted by Gasteiger charge is -2.62. The smallest absolute Gasteiger partial charge is 0.338 e. The summed E-state index contributed by atoms with van der Waals surface area (Å²) < 4.78 is 13.5. The van der Waals surface area contributed by atoms with Crippen LogP contribution < -0.4 is 0 Å². The number of fused-ring (bicyclic) bond motifs is 5. The van der Waals surface area contributed by atoms with Gasteiger partial charge in [0.05, 0.1) is 5.56 Å². The number of esters is 1. The number of rotatable bonds is 9. The zero-order valence-corrected chi connectivity index (χ0v) is 31.3. The Balaban J connectivity index is 1.36. The van der Waals surface area contributed by atoms with Crippen molar-refractivity contribution in [2.45, 2.75) is 150 Å². The third-order valence-electron chi connectivity index (χ3n) is 14.4. The van der Waals surface area contributed by atoms with Crippen LogP contribution in [-0.4, -0.2) is 32.3 Å². The first-order valence-electron chi connectivity index (χ1n) is 18.4. The lowest BCUT2D eigenvalue weighted by Crippen LogP contribution is -2.59. The van der Waals surface area contributed by atoms with Gasteiger partial charge in [0.25, 0.3) is 0 Å². The largest absolute Gasteiger partial charge is 0.458 e. The molecule has 0 aliphatic heterocycles. The molecule has 252 valence electrons. The number of carbonyl (C=O) groups excluding carboxylic acids is 2. The summed E-state index contributed by atoms with van der Waals surface area (Å²) in [6.07, 6.45) is 10.8. The fourth-order valence-electron chi connectivity index (χ4n) is 10.6. The highest BCUT2D eigenvalue weighted by Crippen LogP contribution is 2.68. The van der Waals surface area contributed by atoms with Crippen LogP contribution in [0.25, 0.3) is 0 Å². The average molecular weight is 637 g/mol. The van der Waals surface area contributed by atoms with E-state index in [1.165, 1.54) is 32.1 Å². The molecule has 5 heteroatoms. The minimum atomic E-state index is -1.83. The summed E-state index contributed by atoms with van der Waals surface area (Å²) in [5.74, 6) is 3.85. The van der Waals surface area contributed by atoms with Gasteiger partial charge in [0.1, 0.15) is 11.9 Å². The standard InChI is InChI=1S/C40H64O4Si/c1-26(2)34(44-45(9,10)38(4,5)6)19-16-27(3)31-17-18-32-36-33(21-23-40(31,32)8)39(7)22-20-30(41)24-29(39)25-35(36)43-37(42)28-14-12-11-13-15-28/h11-15,26-27,29,31-36H,16-25H2,1-10H3/t27-,29?,31+,32?,33?,34?,35?,36?,39-,40+/m0/s1. The van der Waals surface area contributed by atoms with Gasteiger partial charge >= 0.3 is 5.97 Å². The first kappa shape index (κ1) is 34.9. The molecule has 0 amide bonds. The van der Waals surface area contributed by atoms with Crippen molar-refractivity contribution in [1.82, 2.24) is 0 Å². The van der Waals surface area contributed by atoms with Crippen molar-refractivity contribution < 1.29 is 18.8 Å². The monoisotopic (exact) mass is 636 g/mol. The zero-order chi connectivity index (χ0) is 32.9. The lowest BCUT2D eigenvalue weighted by atomic mass is 9.43. The number of hydrogen-bond acceptors (Lipinski definition) is 4. The number of ketones is 1. The topological polar surface area (TPSA) is 52.6 Å². The van der Waals surface area contributed by atoms with Crippen LogP contribution in [0.1, 0.15) is 130 Å². The van der Waals surface area contributed by atoms with Gasteiger partial charge in [-0.1, -0.05) is 73.6 Å². The van der Waals surface area contributed by atoms with Crippen LogP contribution >= 0.6 is 0 Å². The van der Waals surface area contributed by atoms with Gasteiger partial charge in [-0.25, -0.2) is 4.79 Å². The molecule has 4 aliphatic rings. The minimum Gasteiger partial charge on any atom is -0.458 e. The third-order valence-corrected chi connectivity index (χ3v) is 18.9. The molecule has 4 nitrogen and oxygen atoms in total. The van der Waals surface area contributed by atoms with E-state index in [1.807, 2.05) is 30.3 Å². The van der Waals surface area contributed by atoms with Crippen molar-refractivity contribution in [2.24, 2.45) is 52.3 Å². The molecule has 4 aliphatic carbocycles. The van der Waals surface area contributed by atoms with Crippen LogP contribution in [0.3, 0.4) is 0 Å². The summed E-state index contributed by atoms with van der Waals surface area (Å²) in [5.41, 5.74) is 1.07. The Bertz CT molecular complexity index is 1200. The highest BCUT2D eigenvalue weighted by atomic mass is 28.4. The van der Waals surface area contributed by atoms with Gasteiger partial charge in [0, 0.05) is 24.9 Å². The molecule has 4 saturated carbocycles. The maximum Gasteiger partial charge on any atom is 0.338 e. The van der Waals surface area contributed by atoms with E-state index in [9.17, 15) is 9.59 Å². The van der Waals surface area contributed by atoms with E-state index in [4.69, 9.17) is 9.16 Å². The van der Waals surface area contributed by atoms with E-state index in [0.717, 1.165) is 25.7 Å². The van der Waals surface area contributed by atoms with Gasteiger partial charge in [-0.05, 0) is 128 Å². The molecule has 0 bridgehead atoms. The molecular weight excluding hydrogens is 573 g/mol. The summed E-state index contributed by atoms with van der Waals surface area (Å²) in [7, 11) is -1.83. The van der Waals surface area contributed by atoms with Crippen molar-refractivity contribution in [3.8, 4) is 0 Å². The number of ether oxygens (including phenoxy) is 1. The average Bonchev–Trinajstić information content (AvgIpc) is 3.32. The predicted molar refractivity (Wildman–Crippen MR) is 187 cm³/mol. The molecule has 0 aromatic heterocycles. The van der Waals surface area contributed by atoms with E-state index in [2.05, 4.69) is 68.5 Å². The molecule has 0 spiro atoms. The Morgan fingerprint density at radius 3 is 2.27 bits per heavy atom. The molecular formula is C40H64O4Si. The van der Waals surface area contributed by atoms with Crippen molar-refractivity contribution in [2.75, 3.05) is 0 Å². The molecule has 45 heavy (non-hydrogen) atoms. The first-order valence-corrected chi connectivity index (χ1v) is 21.3. The highest BCUT2D eigenvalue weighted by molar-refractivity contribution is 6.74. The van der Waals surface area contributed by atoms with Gasteiger partial charge in [0.15, 0.2) is 8.32 Å². The molecule has 1 aromatic rings. The normalized spacial score (nSPS) is 36.6. The number of Topliss-reactive ketones (excluding diaryl/α,β-unsaturated/α-hetero) is 1. The van der Waals surface area contributed by atoms with E-state index < -0.39 is 8.32 Å². The highest BCUT2D eigenvalue weighted by Gasteiger charge is 2.64. The van der Waals surface area contributed by atoms with Crippen LogP contribution in [0.2, 0.25) is 18.1 Å². The molecule has 0 heterocycles. The minimum absolute atomic E-state index is 0.103. The zero-order valence-electron chi connectivity index (χ0n) is 30.3. The summed E-state index contributed by atoms with van der Waals surface area (Å²) in [4.78, 5) is 26.2.